The first-order chi connectivity index (χ1) is 12.2. The highest BCUT2D eigenvalue weighted by molar-refractivity contribution is 8.01. The summed E-state index contributed by atoms with van der Waals surface area (Å²) in [6.45, 7) is 2.74. The fourth-order valence-electron chi connectivity index (χ4n) is 2.10. The molecule has 0 aliphatic rings. The second-order valence-electron chi connectivity index (χ2n) is 5.37. The molecule has 25 heavy (non-hydrogen) atoms. The van der Waals surface area contributed by atoms with E-state index >= 15 is 0 Å². The zero-order valence-corrected chi connectivity index (χ0v) is 16.1. The fraction of sp³-hybridized carbons (Fsp3) is 0.222. The van der Waals surface area contributed by atoms with Gasteiger partial charge < -0.3 is 10.1 Å². The second kappa shape index (κ2) is 9.08. The van der Waals surface area contributed by atoms with E-state index in [0.717, 1.165) is 33.1 Å². The summed E-state index contributed by atoms with van der Waals surface area (Å²) in [7, 11) is 0. The molecule has 130 valence electrons. The molecule has 0 saturated carbocycles. The minimum absolute atomic E-state index is 0.668. The number of benzene rings is 2. The average Bonchev–Trinajstić information content (AvgIpc) is 3.03. The Balaban J connectivity index is 1.39. The number of thioether (sulfide) groups is 1. The highest BCUT2D eigenvalue weighted by Crippen LogP contribution is 2.28. The second-order valence-corrected chi connectivity index (χ2v) is 8.13. The van der Waals surface area contributed by atoms with Crippen molar-refractivity contribution in [1.29, 1.82) is 0 Å². The van der Waals surface area contributed by atoms with E-state index in [1.807, 2.05) is 36.4 Å². The van der Waals surface area contributed by atoms with Crippen LogP contribution in [0.1, 0.15) is 12.0 Å². The molecule has 0 spiro atoms. The Hall–Kier alpha value is -1.76. The van der Waals surface area contributed by atoms with Gasteiger partial charge in [0.25, 0.3) is 0 Å². The molecule has 1 N–H and O–H groups in total. The van der Waals surface area contributed by atoms with Gasteiger partial charge in [0.1, 0.15) is 5.75 Å². The third-order valence-electron chi connectivity index (χ3n) is 3.27. The van der Waals surface area contributed by atoms with Crippen molar-refractivity contribution in [1.82, 2.24) is 10.2 Å². The molecular formula is C18H18ClN3OS2. The maximum Gasteiger partial charge on any atom is 0.210 e. The van der Waals surface area contributed by atoms with Crippen molar-refractivity contribution >= 4 is 45.5 Å². The number of ether oxygens (including phenoxy) is 1. The van der Waals surface area contributed by atoms with Gasteiger partial charge in [0.15, 0.2) is 4.34 Å². The van der Waals surface area contributed by atoms with Gasteiger partial charge in [-0.25, -0.2) is 0 Å². The summed E-state index contributed by atoms with van der Waals surface area (Å²) in [5, 5.41) is 13.2. The molecule has 1 aromatic heterocycles. The number of hydrogen-bond donors (Lipinski definition) is 1. The molecule has 1 heterocycles. The molecule has 0 amide bonds. The summed E-state index contributed by atoms with van der Waals surface area (Å²) in [6, 6.07) is 15.6. The van der Waals surface area contributed by atoms with Gasteiger partial charge in [-0.05, 0) is 55.3 Å². The minimum atomic E-state index is 0.668. The van der Waals surface area contributed by atoms with Gasteiger partial charge in [-0.3, -0.25) is 0 Å². The van der Waals surface area contributed by atoms with Crippen molar-refractivity contribution in [3.8, 4) is 5.75 Å². The number of anilines is 2. The third-order valence-corrected chi connectivity index (χ3v) is 5.58. The van der Waals surface area contributed by atoms with Gasteiger partial charge in [0.2, 0.25) is 5.13 Å². The molecule has 0 bridgehead atoms. The Bertz CT molecular complexity index is 808. The standard InChI is InChI=1S/C18H18ClN3OS2/c1-13-4-2-5-15(12-13)20-17-21-22-18(25-17)24-11-3-10-23-16-8-6-14(19)7-9-16/h2,4-9,12H,3,10-11H2,1H3,(H,20,21). The van der Waals surface area contributed by atoms with Crippen LogP contribution in [0.2, 0.25) is 5.02 Å². The van der Waals surface area contributed by atoms with Crippen LogP contribution in [-0.4, -0.2) is 22.6 Å². The quantitative estimate of drug-likeness (QED) is 0.388. The smallest absolute Gasteiger partial charge is 0.210 e. The number of halogens is 1. The van der Waals surface area contributed by atoms with Crippen molar-refractivity contribution in [3.63, 3.8) is 0 Å². The van der Waals surface area contributed by atoms with Crippen LogP contribution in [0.4, 0.5) is 10.8 Å². The maximum atomic E-state index is 5.85. The lowest BCUT2D eigenvalue weighted by Gasteiger charge is -2.05. The van der Waals surface area contributed by atoms with E-state index in [2.05, 4.69) is 34.6 Å². The molecule has 0 aliphatic heterocycles. The lowest BCUT2D eigenvalue weighted by Crippen LogP contribution is -1.98. The van der Waals surface area contributed by atoms with Gasteiger partial charge in [-0.1, -0.05) is 46.8 Å². The van der Waals surface area contributed by atoms with Crippen molar-refractivity contribution in [2.24, 2.45) is 0 Å². The van der Waals surface area contributed by atoms with Gasteiger partial charge >= 0.3 is 0 Å². The average molecular weight is 392 g/mol. The molecule has 0 radical (unpaired) electrons. The zero-order valence-electron chi connectivity index (χ0n) is 13.7. The number of rotatable bonds is 8. The summed E-state index contributed by atoms with van der Waals surface area (Å²) in [5.74, 6) is 1.78. The first kappa shape index (κ1) is 18.0. The number of aryl methyl sites for hydroxylation is 1. The van der Waals surface area contributed by atoms with E-state index < -0.39 is 0 Å². The number of aromatic nitrogens is 2. The van der Waals surface area contributed by atoms with Crippen LogP contribution in [0, 0.1) is 6.92 Å². The molecule has 0 unspecified atom stereocenters. The first-order valence-corrected chi connectivity index (χ1v) is 10.1. The molecular weight excluding hydrogens is 374 g/mol. The molecule has 3 aromatic rings. The van der Waals surface area contributed by atoms with E-state index in [0.29, 0.717) is 11.6 Å². The number of hydrogen-bond acceptors (Lipinski definition) is 6. The SMILES string of the molecule is Cc1cccc(Nc2nnc(SCCCOc3ccc(Cl)cc3)s2)c1. The molecule has 0 aliphatic carbocycles. The summed E-state index contributed by atoms with van der Waals surface area (Å²) in [4.78, 5) is 0. The summed E-state index contributed by atoms with van der Waals surface area (Å²) in [5.41, 5.74) is 2.24. The van der Waals surface area contributed by atoms with Crippen LogP contribution in [0.15, 0.2) is 52.9 Å². The fourth-order valence-corrected chi connectivity index (χ4v) is 3.99. The van der Waals surface area contributed by atoms with Crippen LogP contribution in [0.3, 0.4) is 0 Å². The Morgan fingerprint density at radius 3 is 2.80 bits per heavy atom. The minimum Gasteiger partial charge on any atom is -0.494 e. The number of nitrogens with one attached hydrogen (secondary N) is 1. The Morgan fingerprint density at radius 1 is 1.16 bits per heavy atom. The highest BCUT2D eigenvalue weighted by Gasteiger charge is 2.05. The molecule has 7 heteroatoms. The van der Waals surface area contributed by atoms with Crippen LogP contribution in [-0.2, 0) is 0 Å². The number of nitrogens with zero attached hydrogens (tertiary/aromatic N) is 2. The summed E-state index contributed by atoms with van der Waals surface area (Å²) >= 11 is 9.11. The van der Waals surface area contributed by atoms with Crippen molar-refractivity contribution in [2.45, 2.75) is 17.7 Å². The lowest BCUT2D eigenvalue weighted by molar-refractivity contribution is 0.319. The first-order valence-electron chi connectivity index (χ1n) is 7.87. The van der Waals surface area contributed by atoms with Gasteiger partial charge in [-0.15, -0.1) is 10.2 Å². The van der Waals surface area contributed by atoms with Crippen LogP contribution < -0.4 is 10.1 Å². The zero-order chi connectivity index (χ0) is 17.5. The molecule has 2 aromatic carbocycles. The van der Waals surface area contributed by atoms with Crippen molar-refractivity contribution in [3.05, 3.63) is 59.1 Å². The van der Waals surface area contributed by atoms with Gasteiger partial charge in [-0.2, -0.15) is 0 Å². The normalized spacial score (nSPS) is 10.6. The van der Waals surface area contributed by atoms with E-state index in [1.54, 1.807) is 23.1 Å². The predicted molar refractivity (Wildman–Crippen MR) is 107 cm³/mol. The Morgan fingerprint density at radius 2 is 2.00 bits per heavy atom. The third kappa shape index (κ3) is 5.92. The Labute approximate surface area is 160 Å². The molecule has 0 saturated heterocycles. The van der Waals surface area contributed by atoms with Crippen LogP contribution in [0.5, 0.6) is 5.75 Å². The Kier molecular flexibility index (Phi) is 6.55. The van der Waals surface area contributed by atoms with E-state index in [4.69, 9.17) is 16.3 Å². The van der Waals surface area contributed by atoms with Crippen molar-refractivity contribution in [2.75, 3.05) is 17.7 Å². The monoisotopic (exact) mass is 391 g/mol. The summed E-state index contributed by atoms with van der Waals surface area (Å²) < 4.78 is 6.64. The molecule has 0 atom stereocenters. The van der Waals surface area contributed by atoms with E-state index in [1.165, 1.54) is 5.56 Å². The van der Waals surface area contributed by atoms with Crippen LogP contribution >= 0.6 is 34.7 Å². The van der Waals surface area contributed by atoms with Gasteiger partial charge in [0, 0.05) is 16.5 Å². The topological polar surface area (TPSA) is 47.0 Å². The van der Waals surface area contributed by atoms with Crippen molar-refractivity contribution < 1.29 is 4.74 Å². The van der Waals surface area contributed by atoms with E-state index in [9.17, 15) is 0 Å². The maximum absolute atomic E-state index is 5.85. The van der Waals surface area contributed by atoms with Gasteiger partial charge in [0.05, 0.1) is 6.61 Å². The lowest BCUT2D eigenvalue weighted by atomic mass is 10.2. The summed E-state index contributed by atoms with van der Waals surface area (Å²) in [6.07, 6.45) is 0.938. The largest absolute Gasteiger partial charge is 0.494 e. The predicted octanol–water partition coefficient (Wildman–Crippen LogP) is 5.80. The molecule has 3 rings (SSSR count). The van der Waals surface area contributed by atoms with E-state index in [-0.39, 0.29) is 0 Å². The highest BCUT2D eigenvalue weighted by atomic mass is 35.5. The molecule has 4 nitrogen and oxygen atoms in total. The molecule has 0 fully saturated rings. The van der Waals surface area contributed by atoms with Crippen LogP contribution in [0.25, 0.3) is 0 Å².